The van der Waals surface area contributed by atoms with Gasteiger partial charge in [-0.25, -0.2) is 4.79 Å². The van der Waals surface area contributed by atoms with Crippen LogP contribution in [0.3, 0.4) is 0 Å². The van der Waals surface area contributed by atoms with Crippen molar-refractivity contribution in [3.8, 4) is 6.07 Å². The second kappa shape index (κ2) is 4.94. The van der Waals surface area contributed by atoms with Crippen molar-refractivity contribution >= 4 is 11.9 Å². The average Bonchev–Trinajstić information content (AvgIpc) is 2.85. The van der Waals surface area contributed by atoms with E-state index in [4.69, 9.17) is 0 Å². The molecule has 6 heteroatoms. The van der Waals surface area contributed by atoms with Gasteiger partial charge in [-0.1, -0.05) is 30.3 Å². The predicted octanol–water partition coefficient (Wildman–Crippen LogP) is 0.828. The number of amides is 3. The number of urea groups is 1. The summed E-state index contributed by atoms with van der Waals surface area (Å²) < 4.78 is 0. The fourth-order valence-corrected chi connectivity index (χ4v) is 2.83. The lowest BCUT2D eigenvalue weighted by molar-refractivity contribution is -0.127. The fourth-order valence-electron chi connectivity index (χ4n) is 2.83. The summed E-state index contributed by atoms with van der Waals surface area (Å²) in [5, 5.41) is 11.6. The van der Waals surface area contributed by atoms with E-state index < -0.39 is 18.1 Å². The van der Waals surface area contributed by atoms with Crippen LogP contribution in [0.5, 0.6) is 0 Å². The van der Waals surface area contributed by atoms with E-state index in [1.54, 1.807) is 13.2 Å². The Kier molecular flexibility index (Phi) is 3.10. The molecule has 0 aliphatic carbocycles. The molecule has 2 atom stereocenters. The Labute approximate surface area is 122 Å². The molecule has 2 aliphatic rings. The molecule has 0 saturated carbocycles. The van der Waals surface area contributed by atoms with Gasteiger partial charge in [-0.3, -0.25) is 10.1 Å². The highest BCUT2D eigenvalue weighted by molar-refractivity contribution is 6.01. The number of benzene rings is 1. The van der Waals surface area contributed by atoms with Crippen LogP contribution in [0.1, 0.15) is 5.56 Å². The number of rotatable bonds is 2. The number of hydrogen-bond acceptors (Lipinski definition) is 4. The highest BCUT2D eigenvalue weighted by Crippen LogP contribution is 2.30. The van der Waals surface area contributed by atoms with E-state index in [0.717, 1.165) is 5.56 Å². The molecular formula is C15H14N4O2. The average molecular weight is 282 g/mol. The van der Waals surface area contributed by atoms with E-state index in [-0.39, 0.29) is 5.91 Å². The molecule has 6 nitrogen and oxygen atoms in total. The van der Waals surface area contributed by atoms with E-state index in [1.165, 1.54) is 4.90 Å². The van der Waals surface area contributed by atoms with Gasteiger partial charge in [0.25, 0.3) is 5.91 Å². The third-order valence-electron chi connectivity index (χ3n) is 3.85. The number of fused-ring (bicyclic) bond motifs is 1. The maximum absolute atomic E-state index is 12.2. The van der Waals surface area contributed by atoms with Crippen LogP contribution in [0.4, 0.5) is 4.79 Å². The molecule has 3 rings (SSSR count). The van der Waals surface area contributed by atoms with Gasteiger partial charge in [0.2, 0.25) is 0 Å². The van der Waals surface area contributed by atoms with Crippen LogP contribution in [-0.2, 0) is 11.3 Å². The van der Waals surface area contributed by atoms with Crippen molar-refractivity contribution in [1.82, 2.24) is 15.1 Å². The van der Waals surface area contributed by atoms with Crippen LogP contribution in [-0.4, -0.2) is 40.9 Å². The summed E-state index contributed by atoms with van der Waals surface area (Å²) in [6.45, 7) is 0.517. The van der Waals surface area contributed by atoms with Crippen LogP contribution in [0.15, 0.2) is 42.1 Å². The van der Waals surface area contributed by atoms with Gasteiger partial charge in [0, 0.05) is 19.8 Å². The lowest BCUT2D eigenvalue weighted by Gasteiger charge is -2.37. The minimum atomic E-state index is -0.553. The van der Waals surface area contributed by atoms with E-state index >= 15 is 0 Å². The van der Waals surface area contributed by atoms with Crippen molar-refractivity contribution < 1.29 is 9.59 Å². The summed E-state index contributed by atoms with van der Waals surface area (Å²) in [6.07, 6.45) is 1.68. The van der Waals surface area contributed by atoms with Crippen molar-refractivity contribution in [3.63, 3.8) is 0 Å². The van der Waals surface area contributed by atoms with Gasteiger partial charge >= 0.3 is 6.03 Å². The SMILES string of the molecule is CN1C(=O)NC(=O)C2C1C(C#N)=CN2Cc1ccccc1. The van der Waals surface area contributed by atoms with Gasteiger partial charge in [0.1, 0.15) is 6.04 Å². The Morgan fingerprint density at radius 3 is 2.62 bits per heavy atom. The molecule has 0 radical (unpaired) electrons. The first kappa shape index (κ1) is 13.2. The van der Waals surface area contributed by atoms with E-state index in [2.05, 4.69) is 11.4 Å². The largest absolute Gasteiger partial charge is 0.358 e. The summed E-state index contributed by atoms with van der Waals surface area (Å²) in [6, 6.07) is 10.3. The Bertz CT molecular complexity index is 662. The first-order chi connectivity index (χ1) is 10.1. The number of carbonyl (C=O) groups is 2. The third-order valence-corrected chi connectivity index (χ3v) is 3.85. The fraction of sp³-hybridized carbons (Fsp3) is 0.267. The molecule has 1 fully saturated rings. The summed E-state index contributed by atoms with van der Waals surface area (Å²) in [7, 11) is 1.59. The minimum absolute atomic E-state index is 0.361. The Morgan fingerprint density at radius 1 is 1.24 bits per heavy atom. The van der Waals surface area contributed by atoms with Crippen molar-refractivity contribution in [2.45, 2.75) is 18.6 Å². The van der Waals surface area contributed by atoms with Gasteiger partial charge < -0.3 is 9.80 Å². The number of imide groups is 1. The standard InChI is InChI=1S/C15H14N4O2/c1-18-12-11(7-16)9-19(8-10-5-3-2-4-6-10)13(12)14(20)17-15(18)21/h2-6,9,12-13H,8H2,1H3,(H,17,20,21). The second-order valence-electron chi connectivity index (χ2n) is 5.15. The number of likely N-dealkylation sites (N-methyl/N-ethyl adjacent to an activating group) is 1. The first-order valence-electron chi connectivity index (χ1n) is 6.61. The number of nitrogens with one attached hydrogen (secondary N) is 1. The van der Waals surface area contributed by atoms with E-state index in [9.17, 15) is 14.9 Å². The zero-order chi connectivity index (χ0) is 15.0. The summed E-state index contributed by atoms with van der Waals surface area (Å²) in [5.41, 5.74) is 1.47. The monoisotopic (exact) mass is 282 g/mol. The van der Waals surface area contributed by atoms with Gasteiger partial charge in [-0.15, -0.1) is 0 Å². The smallest absolute Gasteiger partial charge is 0.324 e. The zero-order valence-corrected chi connectivity index (χ0v) is 11.5. The van der Waals surface area contributed by atoms with Gasteiger partial charge in [0.15, 0.2) is 0 Å². The molecule has 1 aromatic carbocycles. The molecule has 3 amide bonds. The molecule has 2 aliphatic heterocycles. The van der Waals surface area contributed by atoms with Crippen LogP contribution < -0.4 is 5.32 Å². The topological polar surface area (TPSA) is 76.4 Å². The molecule has 0 aromatic heterocycles. The van der Waals surface area contributed by atoms with Gasteiger partial charge in [-0.2, -0.15) is 5.26 Å². The molecule has 2 unspecified atom stereocenters. The van der Waals surface area contributed by atoms with Crippen molar-refractivity contribution in [2.24, 2.45) is 0 Å². The highest BCUT2D eigenvalue weighted by Gasteiger charge is 2.48. The summed E-state index contributed by atoms with van der Waals surface area (Å²) >= 11 is 0. The Balaban J connectivity index is 1.92. The first-order valence-corrected chi connectivity index (χ1v) is 6.61. The summed E-state index contributed by atoms with van der Waals surface area (Å²) in [5.74, 6) is -0.361. The van der Waals surface area contributed by atoms with E-state index in [0.29, 0.717) is 12.1 Å². The number of hydrogen-bond donors (Lipinski definition) is 1. The highest BCUT2D eigenvalue weighted by atomic mass is 16.2. The molecule has 21 heavy (non-hydrogen) atoms. The van der Waals surface area contributed by atoms with Crippen LogP contribution in [0, 0.1) is 11.3 Å². The second-order valence-corrected chi connectivity index (χ2v) is 5.15. The maximum atomic E-state index is 12.2. The Hall–Kier alpha value is -2.81. The lowest BCUT2D eigenvalue weighted by atomic mass is 10.00. The Morgan fingerprint density at radius 2 is 1.95 bits per heavy atom. The summed E-state index contributed by atoms with van der Waals surface area (Å²) in [4.78, 5) is 27.1. The molecule has 0 spiro atoms. The lowest BCUT2D eigenvalue weighted by Crippen LogP contribution is -2.63. The van der Waals surface area contributed by atoms with Gasteiger partial charge in [0.05, 0.1) is 17.7 Å². The molecule has 1 aromatic rings. The van der Waals surface area contributed by atoms with E-state index in [1.807, 2.05) is 35.2 Å². The van der Waals surface area contributed by atoms with Crippen molar-refractivity contribution in [2.75, 3.05) is 7.05 Å². The molecule has 1 saturated heterocycles. The third kappa shape index (κ3) is 2.13. The maximum Gasteiger partial charge on any atom is 0.324 e. The molecular weight excluding hydrogens is 268 g/mol. The van der Waals surface area contributed by atoms with Crippen LogP contribution in [0.2, 0.25) is 0 Å². The molecule has 1 N–H and O–H groups in total. The molecule has 0 bridgehead atoms. The minimum Gasteiger partial charge on any atom is -0.358 e. The normalized spacial score (nSPS) is 24.3. The zero-order valence-electron chi connectivity index (χ0n) is 11.5. The molecule has 106 valence electrons. The quantitative estimate of drug-likeness (QED) is 0.871. The van der Waals surface area contributed by atoms with Crippen molar-refractivity contribution in [1.29, 1.82) is 5.26 Å². The number of nitriles is 1. The number of nitrogens with zero attached hydrogens (tertiary/aromatic N) is 3. The number of carbonyl (C=O) groups excluding carboxylic acids is 2. The van der Waals surface area contributed by atoms with Crippen LogP contribution >= 0.6 is 0 Å². The van der Waals surface area contributed by atoms with Gasteiger partial charge in [-0.05, 0) is 5.56 Å². The predicted molar refractivity (Wildman–Crippen MR) is 74.6 cm³/mol. The molecule has 2 heterocycles. The van der Waals surface area contributed by atoms with Crippen molar-refractivity contribution in [3.05, 3.63) is 47.7 Å². The van der Waals surface area contributed by atoms with Crippen LogP contribution in [0.25, 0.3) is 0 Å².